The topological polar surface area (TPSA) is 91.9 Å². The molecule has 0 bridgehead atoms. The molecule has 0 saturated carbocycles. The molecule has 1 amide bonds. The van der Waals surface area contributed by atoms with Gasteiger partial charge in [-0.05, 0) is 43.0 Å². The zero-order valence-corrected chi connectivity index (χ0v) is 15.1. The molecule has 7 heteroatoms. The van der Waals surface area contributed by atoms with Gasteiger partial charge in [0.05, 0.1) is 7.11 Å². The second-order valence-corrected chi connectivity index (χ2v) is 6.91. The highest BCUT2D eigenvalue weighted by Crippen LogP contribution is 2.32. The Bertz CT molecular complexity index is 916. The van der Waals surface area contributed by atoms with E-state index in [2.05, 4.69) is 11.1 Å². The number of carbonyl (C=O) groups is 2. The van der Waals surface area contributed by atoms with Gasteiger partial charge in [0, 0.05) is 35.8 Å². The molecule has 7 nitrogen and oxygen atoms in total. The van der Waals surface area contributed by atoms with Crippen molar-refractivity contribution in [3.05, 3.63) is 36.0 Å². The number of rotatable bonds is 4. The SMILES string of the molecule is COc1ccc2[nH]cc(C3=CCN(C(=O)[C@@H]4CC[C@H](C(=O)O)O4)CC3)c2c1. The van der Waals surface area contributed by atoms with Gasteiger partial charge in [0.15, 0.2) is 6.10 Å². The predicted octanol–water partition coefficient (Wildman–Crippen LogP) is 2.42. The van der Waals surface area contributed by atoms with Crippen molar-refractivity contribution in [1.29, 1.82) is 0 Å². The minimum Gasteiger partial charge on any atom is -0.497 e. The maximum Gasteiger partial charge on any atom is 0.332 e. The van der Waals surface area contributed by atoms with Gasteiger partial charge < -0.3 is 24.5 Å². The number of benzene rings is 1. The van der Waals surface area contributed by atoms with E-state index in [0.717, 1.165) is 28.6 Å². The first-order valence-corrected chi connectivity index (χ1v) is 9.08. The van der Waals surface area contributed by atoms with Crippen LogP contribution in [-0.4, -0.2) is 59.3 Å². The molecular weight excluding hydrogens is 348 g/mol. The van der Waals surface area contributed by atoms with E-state index in [9.17, 15) is 9.59 Å². The highest BCUT2D eigenvalue weighted by atomic mass is 16.5. The van der Waals surface area contributed by atoms with Crippen molar-refractivity contribution in [1.82, 2.24) is 9.88 Å². The Balaban J connectivity index is 1.47. The Morgan fingerprint density at radius 2 is 2.11 bits per heavy atom. The summed E-state index contributed by atoms with van der Waals surface area (Å²) in [6, 6.07) is 5.93. The number of H-pyrrole nitrogens is 1. The summed E-state index contributed by atoms with van der Waals surface area (Å²) in [4.78, 5) is 28.6. The third-order valence-electron chi connectivity index (χ3n) is 5.33. The highest BCUT2D eigenvalue weighted by molar-refractivity contribution is 5.94. The number of aromatic amines is 1. The van der Waals surface area contributed by atoms with Gasteiger partial charge in [0.25, 0.3) is 5.91 Å². The lowest BCUT2D eigenvalue weighted by molar-refractivity contribution is -0.154. The zero-order chi connectivity index (χ0) is 19.0. The lowest BCUT2D eigenvalue weighted by atomic mass is 9.98. The van der Waals surface area contributed by atoms with Gasteiger partial charge >= 0.3 is 5.97 Å². The number of aliphatic carboxylic acids is 1. The molecule has 1 fully saturated rings. The first-order chi connectivity index (χ1) is 13.1. The third kappa shape index (κ3) is 3.30. The van der Waals surface area contributed by atoms with Gasteiger partial charge in [-0.2, -0.15) is 0 Å². The fourth-order valence-corrected chi connectivity index (χ4v) is 3.81. The molecule has 0 aliphatic carbocycles. The number of nitrogens with one attached hydrogen (secondary N) is 1. The van der Waals surface area contributed by atoms with Crippen molar-refractivity contribution in [2.45, 2.75) is 31.5 Å². The Hall–Kier alpha value is -2.80. The van der Waals surface area contributed by atoms with Crippen LogP contribution in [0.15, 0.2) is 30.5 Å². The number of ether oxygens (including phenoxy) is 2. The van der Waals surface area contributed by atoms with Crippen molar-refractivity contribution < 1.29 is 24.2 Å². The van der Waals surface area contributed by atoms with Crippen molar-refractivity contribution in [3.8, 4) is 5.75 Å². The van der Waals surface area contributed by atoms with Crippen LogP contribution >= 0.6 is 0 Å². The van der Waals surface area contributed by atoms with Crippen molar-refractivity contribution in [2.24, 2.45) is 0 Å². The summed E-state index contributed by atoms with van der Waals surface area (Å²) in [6.07, 6.45) is 4.14. The summed E-state index contributed by atoms with van der Waals surface area (Å²) in [5.41, 5.74) is 3.36. The molecule has 1 aromatic heterocycles. The number of nitrogens with zero attached hydrogens (tertiary/aromatic N) is 1. The molecule has 142 valence electrons. The molecule has 1 saturated heterocycles. The number of hydrogen-bond acceptors (Lipinski definition) is 4. The predicted molar refractivity (Wildman–Crippen MR) is 99.6 cm³/mol. The third-order valence-corrected chi connectivity index (χ3v) is 5.33. The molecule has 0 radical (unpaired) electrons. The molecule has 2 N–H and O–H groups in total. The van der Waals surface area contributed by atoms with Crippen LogP contribution in [0, 0.1) is 0 Å². The quantitative estimate of drug-likeness (QED) is 0.862. The molecule has 0 spiro atoms. The lowest BCUT2D eigenvalue weighted by Gasteiger charge is -2.28. The standard InChI is InChI=1S/C20H22N2O5/c1-26-13-2-3-16-14(10-13)15(11-21-16)12-6-8-22(9-7-12)19(23)17-4-5-18(27-17)20(24)25/h2-3,6,10-11,17-18,21H,4-5,7-9H2,1H3,(H,24,25)/t17-,18+/m0/s1. The fourth-order valence-electron chi connectivity index (χ4n) is 3.81. The van der Waals surface area contributed by atoms with Crippen LogP contribution in [0.1, 0.15) is 24.8 Å². The molecule has 1 aromatic carbocycles. The van der Waals surface area contributed by atoms with E-state index >= 15 is 0 Å². The number of amides is 1. The first-order valence-electron chi connectivity index (χ1n) is 9.08. The summed E-state index contributed by atoms with van der Waals surface area (Å²) < 4.78 is 10.7. The van der Waals surface area contributed by atoms with Gasteiger partial charge in [0.2, 0.25) is 0 Å². The number of carbonyl (C=O) groups excluding carboxylic acids is 1. The lowest BCUT2D eigenvalue weighted by Crippen LogP contribution is -2.41. The van der Waals surface area contributed by atoms with Crippen molar-refractivity contribution in [3.63, 3.8) is 0 Å². The summed E-state index contributed by atoms with van der Waals surface area (Å²) in [6.45, 7) is 1.10. The van der Waals surface area contributed by atoms with E-state index in [1.807, 2.05) is 24.4 Å². The monoisotopic (exact) mass is 370 g/mol. The van der Waals surface area contributed by atoms with Gasteiger partial charge in [-0.25, -0.2) is 4.79 Å². The molecule has 27 heavy (non-hydrogen) atoms. The molecule has 3 heterocycles. The largest absolute Gasteiger partial charge is 0.497 e. The smallest absolute Gasteiger partial charge is 0.332 e. The fraction of sp³-hybridized carbons (Fsp3) is 0.400. The second kappa shape index (κ2) is 7.08. The summed E-state index contributed by atoms with van der Waals surface area (Å²) in [7, 11) is 1.65. The molecule has 2 aromatic rings. The van der Waals surface area contributed by atoms with Gasteiger partial charge in [0.1, 0.15) is 11.9 Å². The second-order valence-electron chi connectivity index (χ2n) is 6.91. The van der Waals surface area contributed by atoms with Crippen LogP contribution in [0.2, 0.25) is 0 Å². The van der Waals surface area contributed by atoms with Crippen molar-refractivity contribution >= 4 is 28.4 Å². The van der Waals surface area contributed by atoms with Crippen LogP contribution < -0.4 is 4.74 Å². The van der Waals surface area contributed by atoms with Crippen LogP contribution in [0.5, 0.6) is 5.75 Å². The van der Waals surface area contributed by atoms with E-state index in [0.29, 0.717) is 25.9 Å². The maximum absolute atomic E-state index is 12.6. The average molecular weight is 370 g/mol. The van der Waals surface area contributed by atoms with E-state index in [1.54, 1.807) is 12.0 Å². The Kier molecular flexibility index (Phi) is 4.61. The Morgan fingerprint density at radius 1 is 1.30 bits per heavy atom. The van der Waals surface area contributed by atoms with Crippen LogP contribution in [0.3, 0.4) is 0 Å². The maximum atomic E-state index is 12.6. The summed E-state index contributed by atoms with van der Waals surface area (Å²) in [5.74, 6) is -0.307. The molecule has 2 aliphatic rings. The molecule has 4 rings (SSSR count). The molecule has 2 aliphatic heterocycles. The minimum absolute atomic E-state index is 0.116. The van der Waals surface area contributed by atoms with E-state index in [4.69, 9.17) is 14.6 Å². The molecular formula is C20H22N2O5. The number of hydrogen-bond donors (Lipinski definition) is 2. The van der Waals surface area contributed by atoms with E-state index < -0.39 is 18.2 Å². The highest BCUT2D eigenvalue weighted by Gasteiger charge is 2.37. The van der Waals surface area contributed by atoms with Crippen molar-refractivity contribution in [2.75, 3.05) is 20.2 Å². The summed E-state index contributed by atoms with van der Waals surface area (Å²) >= 11 is 0. The Morgan fingerprint density at radius 3 is 2.78 bits per heavy atom. The minimum atomic E-state index is -0.999. The molecule has 0 unspecified atom stereocenters. The number of fused-ring (bicyclic) bond motifs is 1. The average Bonchev–Trinajstić information content (AvgIpc) is 3.34. The number of methoxy groups -OCH3 is 1. The Labute approximate surface area is 156 Å². The van der Waals surface area contributed by atoms with Gasteiger partial charge in [-0.3, -0.25) is 4.79 Å². The number of carboxylic acid groups (broad SMARTS) is 1. The van der Waals surface area contributed by atoms with Gasteiger partial charge in [-0.1, -0.05) is 6.08 Å². The van der Waals surface area contributed by atoms with Crippen LogP contribution in [0.4, 0.5) is 0 Å². The first kappa shape index (κ1) is 17.6. The number of carboxylic acids is 1. The molecule has 2 atom stereocenters. The van der Waals surface area contributed by atoms with E-state index in [1.165, 1.54) is 5.57 Å². The van der Waals surface area contributed by atoms with E-state index in [-0.39, 0.29) is 5.91 Å². The van der Waals surface area contributed by atoms with Gasteiger partial charge in [-0.15, -0.1) is 0 Å². The number of aromatic nitrogens is 1. The normalized spacial score (nSPS) is 22.7. The summed E-state index contributed by atoms with van der Waals surface area (Å²) in [5, 5.41) is 10.1. The zero-order valence-electron chi connectivity index (χ0n) is 15.1. The van der Waals surface area contributed by atoms with Crippen LogP contribution in [0.25, 0.3) is 16.5 Å². The van der Waals surface area contributed by atoms with Crippen LogP contribution in [-0.2, 0) is 14.3 Å².